The van der Waals surface area contributed by atoms with Gasteiger partial charge in [0.05, 0.1) is 27.3 Å². The van der Waals surface area contributed by atoms with Gasteiger partial charge in [0, 0.05) is 20.1 Å². The zero-order chi connectivity index (χ0) is 27.2. The number of hydrogen-bond acceptors (Lipinski definition) is 6. The molecule has 2 aliphatic heterocycles. The predicted molar refractivity (Wildman–Crippen MR) is 142 cm³/mol. The molecule has 0 saturated carbocycles. The topological polar surface area (TPSA) is 94.7 Å². The van der Waals surface area contributed by atoms with Crippen LogP contribution < -0.4 is 14.8 Å². The van der Waals surface area contributed by atoms with Crippen molar-refractivity contribution in [1.29, 1.82) is 0 Å². The maximum Gasteiger partial charge on any atom is 0.334 e. The van der Waals surface area contributed by atoms with E-state index >= 15 is 0 Å². The van der Waals surface area contributed by atoms with Crippen molar-refractivity contribution in [3.8, 4) is 11.5 Å². The highest BCUT2D eigenvalue weighted by Crippen LogP contribution is 2.29. The Morgan fingerprint density at radius 1 is 0.974 bits per heavy atom. The fraction of sp³-hybridized carbons (Fsp3) is 0.464. The van der Waals surface area contributed by atoms with Crippen LogP contribution in [-0.4, -0.2) is 84.2 Å². The van der Waals surface area contributed by atoms with Gasteiger partial charge in [0.25, 0.3) is 0 Å². The minimum absolute atomic E-state index is 0.0286. The first-order valence-corrected chi connectivity index (χ1v) is 13.0. The number of nitrogens with one attached hydrogen (secondary N) is 1. The lowest BCUT2D eigenvalue weighted by Crippen LogP contribution is -2.75. The summed E-state index contributed by atoms with van der Waals surface area (Å²) in [5.74, 6) is 1.26. The van der Waals surface area contributed by atoms with Gasteiger partial charge < -0.3 is 24.6 Å². The second kappa shape index (κ2) is 12.2. The summed E-state index contributed by atoms with van der Waals surface area (Å²) in [5.41, 5.74) is 1.88. The average molecular weight is 524 g/mol. The van der Waals surface area contributed by atoms with Gasteiger partial charge in [-0.05, 0) is 41.8 Å². The molecule has 4 amide bonds. The lowest BCUT2D eigenvalue weighted by atomic mass is 10.0. The number of hydrogen-bond donors (Lipinski definition) is 1. The zero-order valence-corrected chi connectivity index (χ0v) is 22.6. The molecule has 0 spiro atoms. The number of piperazine rings is 1. The molecule has 2 atom stereocenters. The largest absolute Gasteiger partial charge is 0.497 e. The van der Waals surface area contributed by atoms with Crippen LogP contribution in [0.25, 0.3) is 0 Å². The standard InChI is InChI=1S/C28H37N5O5/c1-5-6-7-24-27(35)31(17-21-10-14-23(38-4)15-11-21)18-25-32(24)26(34)19-30(2)33(25)28(36)29-16-20-8-12-22(37-3)13-9-20/h8-15,24-25H,5-7,16-19H2,1-4H3,(H,29,36). The van der Waals surface area contributed by atoms with Crippen LogP contribution in [0.1, 0.15) is 37.3 Å². The van der Waals surface area contributed by atoms with E-state index in [0.29, 0.717) is 19.5 Å². The van der Waals surface area contributed by atoms with Crippen LogP contribution in [0.15, 0.2) is 48.5 Å². The third-order valence-electron chi connectivity index (χ3n) is 7.11. The number of carbonyl (C=O) groups is 3. The second-order valence-corrected chi connectivity index (χ2v) is 9.67. The van der Waals surface area contributed by atoms with Gasteiger partial charge in [0.1, 0.15) is 23.7 Å². The number of ether oxygens (including phenoxy) is 2. The number of rotatable bonds is 9. The quantitative estimate of drug-likeness (QED) is 0.543. The lowest BCUT2D eigenvalue weighted by molar-refractivity contribution is -0.188. The van der Waals surface area contributed by atoms with E-state index in [-0.39, 0.29) is 30.9 Å². The molecule has 2 heterocycles. The van der Waals surface area contributed by atoms with E-state index in [2.05, 4.69) is 12.2 Å². The summed E-state index contributed by atoms with van der Waals surface area (Å²) in [7, 11) is 4.95. The molecule has 2 fully saturated rings. The van der Waals surface area contributed by atoms with Crippen molar-refractivity contribution in [2.45, 2.75) is 51.5 Å². The van der Waals surface area contributed by atoms with Crippen molar-refractivity contribution in [2.24, 2.45) is 0 Å². The van der Waals surface area contributed by atoms with Gasteiger partial charge in [-0.2, -0.15) is 0 Å². The molecule has 0 bridgehead atoms. The first-order valence-electron chi connectivity index (χ1n) is 13.0. The fourth-order valence-corrected chi connectivity index (χ4v) is 5.08. The Morgan fingerprint density at radius 3 is 2.16 bits per heavy atom. The molecular formula is C28H37N5O5. The molecule has 204 valence electrons. The molecule has 0 aliphatic carbocycles. The highest BCUT2D eigenvalue weighted by atomic mass is 16.5. The molecule has 38 heavy (non-hydrogen) atoms. The smallest absolute Gasteiger partial charge is 0.334 e. The molecule has 2 aromatic carbocycles. The summed E-state index contributed by atoms with van der Waals surface area (Å²) >= 11 is 0. The summed E-state index contributed by atoms with van der Waals surface area (Å²) in [4.78, 5) is 43.8. The molecule has 2 aromatic rings. The van der Waals surface area contributed by atoms with Gasteiger partial charge in [-0.15, -0.1) is 0 Å². The van der Waals surface area contributed by atoms with Crippen LogP contribution in [0, 0.1) is 0 Å². The van der Waals surface area contributed by atoms with Crippen LogP contribution in [0.5, 0.6) is 11.5 Å². The van der Waals surface area contributed by atoms with Gasteiger partial charge in [-0.1, -0.05) is 44.0 Å². The number of nitrogens with zero attached hydrogens (tertiary/aromatic N) is 4. The van der Waals surface area contributed by atoms with Crippen LogP contribution in [-0.2, 0) is 22.7 Å². The predicted octanol–water partition coefficient (Wildman–Crippen LogP) is 2.83. The Labute approximate surface area is 224 Å². The van der Waals surface area contributed by atoms with E-state index in [1.807, 2.05) is 48.5 Å². The Bertz CT molecular complexity index is 1120. The summed E-state index contributed by atoms with van der Waals surface area (Å²) in [5, 5.41) is 6.20. The zero-order valence-electron chi connectivity index (χ0n) is 22.6. The number of likely N-dealkylation sites (N-methyl/N-ethyl adjacent to an activating group) is 1. The molecule has 10 heteroatoms. The summed E-state index contributed by atoms with van der Waals surface area (Å²) in [6.07, 6.45) is 1.67. The number of unbranched alkanes of at least 4 members (excludes halogenated alkanes) is 1. The summed E-state index contributed by atoms with van der Waals surface area (Å²) in [6, 6.07) is 14.1. The van der Waals surface area contributed by atoms with E-state index in [4.69, 9.17) is 9.47 Å². The molecule has 4 rings (SSSR count). The highest BCUT2D eigenvalue weighted by molar-refractivity contribution is 5.91. The first kappa shape index (κ1) is 27.3. The van der Waals surface area contributed by atoms with Crippen LogP contribution in [0.3, 0.4) is 0 Å². The summed E-state index contributed by atoms with van der Waals surface area (Å²) < 4.78 is 10.5. The molecular weight excluding hydrogens is 486 g/mol. The number of hydrazine groups is 1. The number of amides is 4. The number of methoxy groups -OCH3 is 2. The Balaban J connectivity index is 1.56. The summed E-state index contributed by atoms with van der Waals surface area (Å²) in [6.45, 7) is 3.02. The lowest BCUT2D eigenvalue weighted by Gasteiger charge is -2.54. The molecule has 1 N–H and O–H groups in total. The minimum Gasteiger partial charge on any atom is -0.497 e. The van der Waals surface area contributed by atoms with E-state index in [1.165, 1.54) is 0 Å². The fourth-order valence-electron chi connectivity index (χ4n) is 5.08. The van der Waals surface area contributed by atoms with Crippen molar-refractivity contribution < 1.29 is 23.9 Å². The van der Waals surface area contributed by atoms with Crippen LogP contribution >= 0.6 is 0 Å². The van der Waals surface area contributed by atoms with Crippen LogP contribution in [0.2, 0.25) is 0 Å². The molecule has 0 aromatic heterocycles. The number of urea groups is 1. The highest BCUT2D eigenvalue weighted by Gasteiger charge is 2.50. The monoisotopic (exact) mass is 523 g/mol. The van der Waals surface area contributed by atoms with Gasteiger partial charge in [0.15, 0.2) is 0 Å². The normalized spacial score (nSPS) is 19.8. The number of carbonyl (C=O) groups excluding carboxylic acids is 3. The van der Waals surface area contributed by atoms with Gasteiger partial charge in [-0.25, -0.2) is 14.8 Å². The van der Waals surface area contributed by atoms with Crippen molar-refractivity contribution in [2.75, 3.05) is 34.4 Å². The van der Waals surface area contributed by atoms with E-state index in [0.717, 1.165) is 35.5 Å². The Morgan fingerprint density at radius 2 is 1.58 bits per heavy atom. The number of fused-ring (bicyclic) bond motifs is 1. The van der Waals surface area contributed by atoms with Gasteiger partial charge in [-0.3, -0.25) is 9.59 Å². The average Bonchev–Trinajstić information content (AvgIpc) is 2.92. The van der Waals surface area contributed by atoms with Crippen LogP contribution in [0.4, 0.5) is 4.79 Å². The first-order chi connectivity index (χ1) is 18.4. The molecule has 2 unspecified atom stereocenters. The van der Waals surface area contributed by atoms with Crippen molar-refractivity contribution in [3.63, 3.8) is 0 Å². The minimum atomic E-state index is -0.606. The molecule has 10 nitrogen and oxygen atoms in total. The molecule has 2 aliphatic rings. The van der Waals surface area contributed by atoms with Gasteiger partial charge in [0.2, 0.25) is 11.8 Å². The van der Waals surface area contributed by atoms with Crippen molar-refractivity contribution >= 4 is 17.8 Å². The third-order valence-corrected chi connectivity index (χ3v) is 7.11. The van der Waals surface area contributed by atoms with Crippen molar-refractivity contribution in [1.82, 2.24) is 25.1 Å². The Kier molecular flexibility index (Phi) is 8.73. The van der Waals surface area contributed by atoms with E-state index in [1.54, 1.807) is 41.1 Å². The maximum absolute atomic E-state index is 13.6. The van der Waals surface area contributed by atoms with Gasteiger partial charge >= 0.3 is 6.03 Å². The molecule has 2 saturated heterocycles. The third kappa shape index (κ3) is 5.85. The van der Waals surface area contributed by atoms with E-state index < -0.39 is 12.2 Å². The van der Waals surface area contributed by atoms with E-state index in [9.17, 15) is 14.4 Å². The SMILES string of the molecule is CCCCC1C(=O)N(Cc2ccc(OC)cc2)CC2N1C(=O)CN(C)N2C(=O)NCc1ccc(OC)cc1. The maximum atomic E-state index is 13.6. The Hall–Kier alpha value is -3.79. The second-order valence-electron chi connectivity index (χ2n) is 9.67. The van der Waals surface area contributed by atoms with Crippen molar-refractivity contribution in [3.05, 3.63) is 59.7 Å². The molecule has 0 radical (unpaired) electrons. The number of benzene rings is 2.